The van der Waals surface area contributed by atoms with Gasteiger partial charge < -0.3 is 14.2 Å². The molecule has 116 valence electrons. The normalized spacial score (nSPS) is 28.1. The van der Waals surface area contributed by atoms with Crippen LogP contribution in [-0.2, 0) is 9.31 Å². The molecule has 0 radical (unpaired) electrons. The minimum Gasteiger partial charge on any atom is -0.403 e. The van der Waals surface area contributed by atoms with Crippen LogP contribution in [0.1, 0.15) is 54.4 Å². The summed E-state index contributed by atoms with van der Waals surface area (Å²) in [5, 5.41) is 0. The lowest BCUT2D eigenvalue weighted by atomic mass is 9.66. The third kappa shape index (κ3) is 3.55. The van der Waals surface area contributed by atoms with Gasteiger partial charge in [-0.2, -0.15) is 0 Å². The Morgan fingerprint density at radius 2 is 1.55 bits per heavy atom. The molecular formula is C15H29BFNO2. The van der Waals surface area contributed by atoms with Gasteiger partial charge in [0.25, 0.3) is 0 Å². The summed E-state index contributed by atoms with van der Waals surface area (Å²) < 4.78 is 25.9. The summed E-state index contributed by atoms with van der Waals surface area (Å²) in [5.74, 6) is 0.426. The average molecular weight is 285 g/mol. The number of alkyl halides is 1. The Hall–Kier alpha value is -0.125. The predicted molar refractivity (Wildman–Crippen MR) is 80.7 cm³/mol. The van der Waals surface area contributed by atoms with Crippen LogP contribution < -0.4 is 0 Å². The van der Waals surface area contributed by atoms with Gasteiger partial charge in [-0.15, -0.1) is 0 Å². The van der Waals surface area contributed by atoms with Gasteiger partial charge in [-0.1, -0.05) is 0 Å². The summed E-state index contributed by atoms with van der Waals surface area (Å²) in [6.45, 7) is 14.0. The average Bonchev–Trinajstić information content (AvgIpc) is 2.47. The summed E-state index contributed by atoms with van der Waals surface area (Å²) in [6, 6.07) is 0. The lowest BCUT2D eigenvalue weighted by Crippen LogP contribution is -2.42. The van der Waals surface area contributed by atoms with Crippen molar-refractivity contribution in [1.29, 1.82) is 0 Å². The van der Waals surface area contributed by atoms with E-state index in [1.54, 1.807) is 13.8 Å². The molecule has 0 unspecified atom stereocenters. The van der Waals surface area contributed by atoms with Gasteiger partial charge in [0, 0.05) is 6.54 Å². The van der Waals surface area contributed by atoms with E-state index in [-0.39, 0.29) is 18.3 Å². The molecule has 0 bridgehead atoms. The van der Waals surface area contributed by atoms with Crippen molar-refractivity contribution in [3.05, 3.63) is 0 Å². The molecule has 2 saturated heterocycles. The van der Waals surface area contributed by atoms with Gasteiger partial charge in [-0.05, 0) is 73.3 Å². The van der Waals surface area contributed by atoms with Crippen LogP contribution in [0.15, 0.2) is 0 Å². The monoisotopic (exact) mass is 285 g/mol. The van der Waals surface area contributed by atoms with Crippen LogP contribution in [0.4, 0.5) is 4.39 Å². The second-order valence-corrected chi connectivity index (χ2v) is 7.96. The van der Waals surface area contributed by atoms with E-state index in [2.05, 4.69) is 32.6 Å². The van der Waals surface area contributed by atoms with Crippen molar-refractivity contribution in [1.82, 2.24) is 4.90 Å². The standard InChI is InChI=1S/C15H29BFNO2/c1-13(2,17)11-18-9-7-12(8-10-18)16-19-14(3,4)15(5,6)20-16/h12H,7-11H2,1-6H3. The first-order valence-corrected chi connectivity index (χ1v) is 7.77. The third-order valence-corrected chi connectivity index (χ3v) is 4.89. The molecule has 0 aromatic rings. The zero-order valence-electron chi connectivity index (χ0n) is 13.8. The van der Waals surface area contributed by atoms with Crippen LogP contribution in [-0.4, -0.2) is 48.5 Å². The molecule has 0 amide bonds. The maximum atomic E-state index is 13.7. The van der Waals surface area contributed by atoms with Crippen molar-refractivity contribution in [3.63, 3.8) is 0 Å². The highest BCUT2D eigenvalue weighted by atomic mass is 19.1. The van der Waals surface area contributed by atoms with Crippen LogP contribution in [0.2, 0.25) is 5.82 Å². The number of halogens is 1. The maximum absolute atomic E-state index is 13.7. The van der Waals surface area contributed by atoms with Gasteiger partial charge >= 0.3 is 7.12 Å². The molecule has 0 atom stereocenters. The van der Waals surface area contributed by atoms with Crippen LogP contribution in [0.3, 0.4) is 0 Å². The Morgan fingerprint density at radius 3 is 1.95 bits per heavy atom. The highest BCUT2D eigenvalue weighted by Gasteiger charge is 2.53. The second-order valence-electron chi connectivity index (χ2n) is 7.96. The summed E-state index contributed by atoms with van der Waals surface area (Å²) in [7, 11) is -0.111. The van der Waals surface area contributed by atoms with Crippen molar-refractivity contribution in [2.75, 3.05) is 19.6 Å². The van der Waals surface area contributed by atoms with Gasteiger partial charge in [0.05, 0.1) is 11.2 Å². The molecule has 3 nitrogen and oxygen atoms in total. The van der Waals surface area contributed by atoms with Crippen molar-refractivity contribution < 1.29 is 13.7 Å². The fourth-order valence-electron chi connectivity index (χ4n) is 3.00. The van der Waals surface area contributed by atoms with E-state index in [1.165, 1.54) is 0 Å². The highest BCUT2D eigenvalue weighted by molar-refractivity contribution is 6.47. The summed E-state index contributed by atoms with van der Waals surface area (Å²) >= 11 is 0. The Labute approximate surface area is 123 Å². The smallest absolute Gasteiger partial charge is 0.403 e. The van der Waals surface area contributed by atoms with Crippen LogP contribution in [0.25, 0.3) is 0 Å². The SMILES string of the molecule is CC(C)(F)CN1CCC(B2OC(C)(C)C(C)(C)O2)CC1. The Balaban J connectivity index is 1.87. The van der Waals surface area contributed by atoms with E-state index in [4.69, 9.17) is 9.31 Å². The van der Waals surface area contributed by atoms with Gasteiger partial charge in [-0.25, -0.2) is 4.39 Å². The Bertz CT molecular complexity index is 330. The molecule has 0 aliphatic carbocycles. The molecule has 2 fully saturated rings. The van der Waals surface area contributed by atoms with Gasteiger partial charge in [0.1, 0.15) is 5.67 Å². The minimum absolute atomic E-state index is 0.111. The minimum atomic E-state index is -1.11. The molecule has 0 N–H and O–H groups in total. The zero-order valence-corrected chi connectivity index (χ0v) is 13.8. The topological polar surface area (TPSA) is 21.7 Å². The first kappa shape index (κ1) is 16.2. The van der Waals surface area contributed by atoms with Gasteiger partial charge in [-0.3, -0.25) is 0 Å². The van der Waals surface area contributed by atoms with Crippen molar-refractivity contribution in [3.8, 4) is 0 Å². The molecule has 0 aromatic heterocycles. The number of rotatable bonds is 3. The number of hydrogen-bond acceptors (Lipinski definition) is 3. The molecule has 0 aromatic carbocycles. The summed E-state index contributed by atoms with van der Waals surface area (Å²) in [4.78, 5) is 2.21. The zero-order chi connectivity index (χ0) is 15.2. The van der Waals surface area contributed by atoms with E-state index in [0.29, 0.717) is 12.4 Å². The fraction of sp³-hybridized carbons (Fsp3) is 1.00. The first-order chi connectivity index (χ1) is 9.00. The molecule has 0 saturated carbocycles. The first-order valence-electron chi connectivity index (χ1n) is 7.77. The van der Waals surface area contributed by atoms with Crippen molar-refractivity contribution in [2.24, 2.45) is 0 Å². The van der Waals surface area contributed by atoms with E-state index in [9.17, 15) is 4.39 Å². The quantitative estimate of drug-likeness (QED) is 0.743. The fourth-order valence-corrected chi connectivity index (χ4v) is 3.00. The molecule has 2 heterocycles. The summed E-state index contributed by atoms with van der Waals surface area (Å²) in [6.07, 6.45) is 2.04. The van der Waals surface area contributed by atoms with Crippen LogP contribution >= 0.6 is 0 Å². The summed E-state index contributed by atoms with van der Waals surface area (Å²) in [5.41, 5.74) is -1.62. The lowest BCUT2D eigenvalue weighted by molar-refractivity contribution is 0.00578. The van der Waals surface area contributed by atoms with E-state index < -0.39 is 5.67 Å². The van der Waals surface area contributed by atoms with Gasteiger partial charge in [0.15, 0.2) is 0 Å². The predicted octanol–water partition coefficient (Wildman–Crippen LogP) is 3.29. The van der Waals surface area contributed by atoms with Crippen molar-refractivity contribution >= 4 is 7.12 Å². The van der Waals surface area contributed by atoms with Gasteiger partial charge in [0.2, 0.25) is 0 Å². The number of nitrogens with zero attached hydrogens (tertiary/aromatic N) is 1. The van der Waals surface area contributed by atoms with Crippen LogP contribution in [0, 0.1) is 0 Å². The molecule has 2 aliphatic rings. The second kappa shape index (κ2) is 5.26. The molecular weight excluding hydrogens is 256 g/mol. The molecule has 20 heavy (non-hydrogen) atoms. The van der Waals surface area contributed by atoms with E-state index in [0.717, 1.165) is 25.9 Å². The molecule has 2 aliphatic heterocycles. The Kier molecular flexibility index (Phi) is 4.27. The lowest BCUT2D eigenvalue weighted by Gasteiger charge is -2.35. The third-order valence-electron chi connectivity index (χ3n) is 4.89. The number of likely N-dealkylation sites (tertiary alicyclic amines) is 1. The van der Waals surface area contributed by atoms with Crippen LogP contribution in [0.5, 0.6) is 0 Å². The Morgan fingerprint density at radius 1 is 1.10 bits per heavy atom. The number of piperidine rings is 1. The highest BCUT2D eigenvalue weighted by Crippen LogP contribution is 2.42. The van der Waals surface area contributed by atoms with E-state index >= 15 is 0 Å². The molecule has 2 rings (SSSR count). The maximum Gasteiger partial charge on any atom is 0.461 e. The molecule has 5 heteroatoms. The number of hydrogen-bond donors (Lipinski definition) is 0. The van der Waals surface area contributed by atoms with E-state index in [1.807, 2.05) is 0 Å². The molecule has 0 spiro atoms. The largest absolute Gasteiger partial charge is 0.461 e. The van der Waals surface area contributed by atoms with Crippen molar-refractivity contribution in [2.45, 2.75) is 77.1 Å².